The van der Waals surface area contributed by atoms with E-state index in [1.807, 2.05) is 37.3 Å². The molecule has 0 bridgehead atoms. The fourth-order valence-electron chi connectivity index (χ4n) is 2.81. The molecule has 0 fully saturated rings. The van der Waals surface area contributed by atoms with E-state index in [0.29, 0.717) is 15.7 Å². The number of hydrogen-bond donors (Lipinski definition) is 2. The molecule has 0 aliphatic heterocycles. The Balaban J connectivity index is 1.86. The van der Waals surface area contributed by atoms with Gasteiger partial charge >= 0.3 is 0 Å². The number of rotatable bonds is 7. The maximum absolute atomic E-state index is 13.0. The van der Waals surface area contributed by atoms with Gasteiger partial charge in [-0.1, -0.05) is 59.6 Å². The first-order chi connectivity index (χ1) is 14.2. The van der Waals surface area contributed by atoms with Crippen LogP contribution in [0.1, 0.15) is 11.1 Å². The van der Waals surface area contributed by atoms with Gasteiger partial charge in [0, 0.05) is 15.7 Å². The molecule has 3 rings (SSSR count). The summed E-state index contributed by atoms with van der Waals surface area (Å²) in [6.45, 7) is 1.85. The van der Waals surface area contributed by atoms with Crippen molar-refractivity contribution in [3.63, 3.8) is 0 Å². The van der Waals surface area contributed by atoms with Crippen molar-refractivity contribution in [1.29, 1.82) is 0 Å². The van der Waals surface area contributed by atoms with E-state index in [1.165, 1.54) is 24.3 Å². The molecular weight excluding hydrogens is 443 g/mol. The third kappa shape index (κ3) is 5.83. The predicted octanol–water partition coefficient (Wildman–Crippen LogP) is 4.83. The fourth-order valence-corrected chi connectivity index (χ4v) is 4.31. The number of sulfonamides is 1. The lowest BCUT2D eigenvalue weighted by atomic mass is 10.1. The van der Waals surface area contributed by atoms with Crippen molar-refractivity contribution in [2.45, 2.75) is 24.3 Å². The van der Waals surface area contributed by atoms with Crippen LogP contribution in [0.4, 0.5) is 5.69 Å². The number of nitrogens with one attached hydrogen (secondary N) is 2. The standard InChI is InChI=1S/C22H20Cl2N2O3S/c1-15-7-10-18(14-20(15)24)25-22(27)21(13-16-5-3-2-4-6-16)26-30(28,29)19-11-8-17(23)9-12-19/h2-12,14,21,26H,13H2,1H3,(H,25,27)/t21-/m1/s1. The molecule has 5 nitrogen and oxygen atoms in total. The molecule has 2 N–H and O–H groups in total. The lowest BCUT2D eigenvalue weighted by Gasteiger charge is -2.19. The molecule has 8 heteroatoms. The van der Waals surface area contributed by atoms with Crippen LogP contribution < -0.4 is 10.0 Å². The van der Waals surface area contributed by atoms with Gasteiger partial charge in [-0.25, -0.2) is 8.42 Å². The smallest absolute Gasteiger partial charge is 0.242 e. The van der Waals surface area contributed by atoms with Crippen molar-refractivity contribution in [2.24, 2.45) is 0 Å². The first-order valence-corrected chi connectivity index (χ1v) is 11.4. The maximum Gasteiger partial charge on any atom is 0.242 e. The van der Waals surface area contributed by atoms with Crippen LogP contribution in [0.3, 0.4) is 0 Å². The second kappa shape index (κ2) is 9.62. The number of halogens is 2. The number of benzene rings is 3. The summed E-state index contributed by atoms with van der Waals surface area (Å²) in [4.78, 5) is 13.0. The Hall–Kier alpha value is -2.38. The average Bonchev–Trinajstić information content (AvgIpc) is 2.71. The van der Waals surface area contributed by atoms with Crippen LogP contribution in [-0.4, -0.2) is 20.4 Å². The zero-order valence-electron chi connectivity index (χ0n) is 16.1. The minimum Gasteiger partial charge on any atom is -0.325 e. The molecule has 1 amide bonds. The number of amides is 1. The lowest BCUT2D eigenvalue weighted by molar-refractivity contribution is -0.117. The second-order valence-electron chi connectivity index (χ2n) is 6.77. The second-order valence-corrected chi connectivity index (χ2v) is 9.33. The van der Waals surface area contributed by atoms with Crippen molar-refractivity contribution >= 4 is 44.8 Å². The highest BCUT2D eigenvalue weighted by Crippen LogP contribution is 2.21. The van der Waals surface area contributed by atoms with Gasteiger partial charge < -0.3 is 5.32 Å². The summed E-state index contributed by atoms with van der Waals surface area (Å²) >= 11 is 12.0. The van der Waals surface area contributed by atoms with Crippen LogP contribution in [0.2, 0.25) is 10.0 Å². The summed E-state index contributed by atoms with van der Waals surface area (Å²) < 4.78 is 28.2. The molecule has 30 heavy (non-hydrogen) atoms. The van der Waals surface area contributed by atoms with Crippen molar-refractivity contribution in [1.82, 2.24) is 4.72 Å². The lowest BCUT2D eigenvalue weighted by Crippen LogP contribution is -2.45. The minimum absolute atomic E-state index is 0.0242. The van der Waals surface area contributed by atoms with E-state index >= 15 is 0 Å². The quantitative estimate of drug-likeness (QED) is 0.527. The van der Waals surface area contributed by atoms with Crippen molar-refractivity contribution in [2.75, 3.05) is 5.32 Å². The summed E-state index contributed by atoms with van der Waals surface area (Å²) in [5.74, 6) is -0.490. The maximum atomic E-state index is 13.0. The molecule has 0 aliphatic carbocycles. The van der Waals surface area contributed by atoms with Crippen LogP contribution in [0, 0.1) is 6.92 Å². The zero-order chi connectivity index (χ0) is 21.7. The van der Waals surface area contributed by atoms with E-state index in [9.17, 15) is 13.2 Å². The van der Waals surface area contributed by atoms with Gasteiger partial charge in [-0.05, 0) is 60.9 Å². The predicted molar refractivity (Wildman–Crippen MR) is 121 cm³/mol. The molecule has 0 heterocycles. The SMILES string of the molecule is Cc1ccc(NC(=O)[C@@H](Cc2ccccc2)NS(=O)(=O)c2ccc(Cl)cc2)cc1Cl. The van der Waals surface area contributed by atoms with E-state index in [0.717, 1.165) is 11.1 Å². The van der Waals surface area contributed by atoms with Crippen molar-refractivity contribution < 1.29 is 13.2 Å². The van der Waals surface area contributed by atoms with Crippen molar-refractivity contribution in [3.8, 4) is 0 Å². The molecule has 0 spiro atoms. The van der Waals surface area contributed by atoms with Crippen LogP contribution in [0.25, 0.3) is 0 Å². The number of carbonyl (C=O) groups excluding carboxylic acids is 1. The van der Waals surface area contributed by atoms with Gasteiger partial charge in [-0.3, -0.25) is 4.79 Å². The number of carbonyl (C=O) groups is 1. The highest BCUT2D eigenvalue weighted by molar-refractivity contribution is 7.89. The monoisotopic (exact) mass is 462 g/mol. The first kappa shape index (κ1) is 22.3. The molecule has 0 aliphatic rings. The van der Waals surface area contributed by atoms with Gasteiger partial charge in [-0.2, -0.15) is 4.72 Å². The Morgan fingerprint density at radius 3 is 2.27 bits per heavy atom. The molecule has 0 aromatic heterocycles. The molecule has 1 atom stereocenters. The summed E-state index contributed by atoms with van der Waals surface area (Å²) in [7, 11) is -3.94. The minimum atomic E-state index is -3.94. The first-order valence-electron chi connectivity index (χ1n) is 9.13. The summed E-state index contributed by atoms with van der Waals surface area (Å²) in [5.41, 5.74) is 2.18. The van der Waals surface area contributed by atoms with Crippen LogP contribution in [0.15, 0.2) is 77.7 Å². The summed E-state index contributed by atoms with van der Waals surface area (Å²) in [6, 6.07) is 19.0. The van der Waals surface area contributed by atoms with E-state index in [-0.39, 0.29) is 11.3 Å². The van der Waals surface area contributed by atoms with Crippen LogP contribution >= 0.6 is 23.2 Å². The number of anilines is 1. The van der Waals surface area contributed by atoms with Gasteiger partial charge in [0.25, 0.3) is 0 Å². The van der Waals surface area contributed by atoms with Crippen LogP contribution in [-0.2, 0) is 21.2 Å². The van der Waals surface area contributed by atoms with E-state index in [1.54, 1.807) is 18.2 Å². The molecule has 3 aromatic rings. The Morgan fingerprint density at radius 2 is 1.63 bits per heavy atom. The molecule has 0 saturated carbocycles. The van der Waals surface area contributed by atoms with Crippen LogP contribution in [0.5, 0.6) is 0 Å². The van der Waals surface area contributed by atoms with Gasteiger partial charge in [-0.15, -0.1) is 0 Å². The normalized spacial score (nSPS) is 12.4. The molecule has 3 aromatic carbocycles. The van der Waals surface area contributed by atoms with E-state index < -0.39 is 22.0 Å². The van der Waals surface area contributed by atoms with Gasteiger partial charge in [0.1, 0.15) is 6.04 Å². The highest BCUT2D eigenvalue weighted by atomic mass is 35.5. The van der Waals surface area contributed by atoms with E-state index in [4.69, 9.17) is 23.2 Å². The topological polar surface area (TPSA) is 75.3 Å². The molecular formula is C22H20Cl2N2O3S. The molecule has 156 valence electrons. The van der Waals surface area contributed by atoms with Gasteiger partial charge in [0.05, 0.1) is 4.90 Å². The van der Waals surface area contributed by atoms with Crippen molar-refractivity contribution in [3.05, 3.63) is 94.0 Å². The average molecular weight is 463 g/mol. The third-order valence-corrected chi connectivity index (χ3v) is 6.61. The zero-order valence-corrected chi connectivity index (χ0v) is 18.4. The largest absolute Gasteiger partial charge is 0.325 e. The molecule has 0 unspecified atom stereocenters. The highest BCUT2D eigenvalue weighted by Gasteiger charge is 2.26. The third-order valence-electron chi connectivity index (χ3n) is 4.46. The Labute approximate surface area is 186 Å². The molecule has 0 saturated heterocycles. The Morgan fingerprint density at radius 1 is 0.967 bits per heavy atom. The number of aryl methyl sites for hydroxylation is 1. The summed E-state index contributed by atoms with van der Waals surface area (Å²) in [6.07, 6.45) is 0.180. The van der Waals surface area contributed by atoms with Gasteiger partial charge in [0.15, 0.2) is 0 Å². The van der Waals surface area contributed by atoms with E-state index in [2.05, 4.69) is 10.0 Å². The number of hydrogen-bond acceptors (Lipinski definition) is 3. The Kier molecular flexibility index (Phi) is 7.15. The fraction of sp³-hybridized carbons (Fsp3) is 0.136. The Bertz CT molecular complexity index is 1130. The van der Waals surface area contributed by atoms with Gasteiger partial charge in [0.2, 0.25) is 15.9 Å². The molecule has 0 radical (unpaired) electrons. The summed E-state index contributed by atoms with van der Waals surface area (Å²) in [5, 5.41) is 3.67.